The lowest BCUT2D eigenvalue weighted by Gasteiger charge is -2.36. The van der Waals surface area contributed by atoms with Crippen LogP contribution < -0.4 is 0 Å². The molecule has 1 fully saturated rings. The van der Waals surface area contributed by atoms with Crippen LogP contribution in [0.3, 0.4) is 0 Å². The van der Waals surface area contributed by atoms with E-state index < -0.39 is 0 Å². The molecule has 0 bridgehead atoms. The molecule has 4 rings (SSSR count). The largest absolute Gasteiger partial charge is 0.457 e. The van der Waals surface area contributed by atoms with Gasteiger partial charge in [0.25, 0.3) is 0 Å². The maximum atomic E-state index is 12.9. The van der Waals surface area contributed by atoms with E-state index in [0.717, 1.165) is 17.5 Å². The number of carbonyl (C=O) groups is 1. The van der Waals surface area contributed by atoms with Gasteiger partial charge in [0.15, 0.2) is 0 Å². The van der Waals surface area contributed by atoms with Crippen LogP contribution in [0.4, 0.5) is 0 Å². The Bertz CT molecular complexity index is 828. The molecular formula is C23H20O2. The van der Waals surface area contributed by atoms with Crippen LogP contribution in [0.25, 0.3) is 0 Å². The fourth-order valence-electron chi connectivity index (χ4n) is 3.72. The normalized spacial score (nSPS) is 23.0. The van der Waals surface area contributed by atoms with Gasteiger partial charge in [0.1, 0.15) is 6.10 Å². The molecule has 1 saturated heterocycles. The second-order valence-corrected chi connectivity index (χ2v) is 6.48. The Labute approximate surface area is 148 Å². The minimum absolute atomic E-state index is 0.107. The van der Waals surface area contributed by atoms with Crippen LogP contribution >= 0.6 is 0 Å². The fourth-order valence-corrected chi connectivity index (χ4v) is 3.72. The first-order chi connectivity index (χ1) is 12.3. The molecule has 25 heavy (non-hydrogen) atoms. The predicted octanol–water partition coefficient (Wildman–Crippen LogP) is 5.24. The number of hydrogen-bond donors (Lipinski definition) is 0. The molecule has 0 saturated carbocycles. The molecule has 1 heterocycles. The third-order valence-electron chi connectivity index (χ3n) is 4.94. The zero-order chi connectivity index (χ0) is 17.1. The zero-order valence-corrected chi connectivity index (χ0v) is 13.9. The van der Waals surface area contributed by atoms with E-state index >= 15 is 0 Å². The maximum absolute atomic E-state index is 12.9. The minimum atomic E-state index is -0.261. The molecule has 3 aromatic carbocycles. The van der Waals surface area contributed by atoms with Gasteiger partial charge < -0.3 is 4.74 Å². The van der Waals surface area contributed by atoms with Crippen LogP contribution in [0.2, 0.25) is 0 Å². The SMILES string of the molecule is O=C1O[C@@H](c2ccccc2)C[C@H](c2ccccc2)[C@H]1c1ccccc1. The number of ether oxygens (including phenoxy) is 1. The first-order valence-electron chi connectivity index (χ1n) is 8.68. The maximum Gasteiger partial charge on any atom is 0.314 e. The van der Waals surface area contributed by atoms with Crippen LogP contribution in [0.1, 0.15) is 41.1 Å². The molecular weight excluding hydrogens is 308 g/mol. The summed E-state index contributed by atoms with van der Waals surface area (Å²) in [5.41, 5.74) is 3.27. The van der Waals surface area contributed by atoms with Gasteiger partial charge in [0, 0.05) is 5.92 Å². The molecule has 0 spiro atoms. The molecule has 0 radical (unpaired) electrons. The molecule has 2 nitrogen and oxygen atoms in total. The Morgan fingerprint density at radius 3 is 1.68 bits per heavy atom. The molecule has 3 aromatic rings. The Hall–Kier alpha value is -2.87. The number of cyclic esters (lactones) is 1. The topological polar surface area (TPSA) is 26.3 Å². The molecule has 0 aromatic heterocycles. The second-order valence-electron chi connectivity index (χ2n) is 6.48. The Kier molecular flexibility index (Phi) is 4.34. The van der Waals surface area contributed by atoms with Crippen molar-refractivity contribution in [2.45, 2.75) is 24.4 Å². The summed E-state index contributed by atoms with van der Waals surface area (Å²) in [4.78, 5) is 12.9. The predicted molar refractivity (Wildman–Crippen MR) is 98.3 cm³/mol. The van der Waals surface area contributed by atoms with E-state index in [1.54, 1.807) is 0 Å². The summed E-state index contributed by atoms with van der Waals surface area (Å²) in [6.07, 6.45) is 0.596. The number of rotatable bonds is 3. The quantitative estimate of drug-likeness (QED) is 0.614. The van der Waals surface area contributed by atoms with Crippen molar-refractivity contribution in [3.8, 4) is 0 Å². The number of carbonyl (C=O) groups excluding carboxylic acids is 1. The summed E-state index contributed by atoms with van der Waals surface area (Å²) in [5.74, 6) is -0.293. The van der Waals surface area contributed by atoms with Gasteiger partial charge in [-0.15, -0.1) is 0 Å². The summed E-state index contributed by atoms with van der Waals surface area (Å²) in [7, 11) is 0. The first-order valence-corrected chi connectivity index (χ1v) is 8.68. The van der Waals surface area contributed by atoms with Crippen LogP contribution in [0, 0.1) is 0 Å². The van der Waals surface area contributed by atoms with Gasteiger partial charge in [-0.05, 0) is 23.1 Å². The van der Waals surface area contributed by atoms with Crippen LogP contribution in [0.5, 0.6) is 0 Å². The monoisotopic (exact) mass is 328 g/mol. The van der Waals surface area contributed by atoms with E-state index in [-0.39, 0.29) is 23.9 Å². The highest BCUT2D eigenvalue weighted by Gasteiger charge is 2.40. The standard InChI is InChI=1S/C23H20O2/c24-23-22(19-14-8-3-9-15-19)20(17-10-4-1-5-11-17)16-21(25-23)18-12-6-2-7-13-18/h1-15,20-22H,16H2/t20-,21-,22-/m1/s1. The first kappa shape index (κ1) is 15.6. The highest BCUT2D eigenvalue weighted by molar-refractivity contribution is 5.80. The smallest absolute Gasteiger partial charge is 0.314 e. The van der Waals surface area contributed by atoms with Crippen molar-refractivity contribution in [2.24, 2.45) is 0 Å². The second kappa shape index (κ2) is 6.94. The van der Waals surface area contributed by atoms with E-state index in [9.17, 15) is 4.79 Å². The Balaban J connectivity index is 1.73. The minimum Gasteiger partial charge on any atom is -0.457 e. The van der Waals surface area contributed by atoms with Gasteiger partial charge in [-0.2, -0.15) is 0 Å². The molecule has 3 atom stereocenters. The molecule has 1 aliphatic heterocycles. The summed E-state index contributed by atoms with van der Waals surface area (Å²) in [6.45, 7) is 0. The van der Waals surface area contributed by atoms with E-state index in [0.29, 0.717) is 0 Å². The molecule has 0 N–H and O–H groups in total. The van der Waals surface area contributed by atoms with Gasteiger partial charge in [-0.25, -0.2) is 0 Å². The lowest BCUT2D eigenvalue weighted by molar-refractivity contribution is -0.158. The van der Waals surface area contributed by atoms with Crippen molar-refractivity contribution in [3.05, 3.63) is 108 Å². The average Bonchev–Trinajstić information content (AvgIpc) is 2.69. The highest BCUT2D eigenvalue weighted by Crippen LogP contribution is 2.45. The van der Waals surface area contributed by atoms with Gasteiger partial charge in [-0.3, -0.25) is 4.79 Å². The summed E-state index contributed by atoms with van der Waals surface area (Å²) < 4.78 is 5.85. The van der Waals surface area contributed by atoms with E-state index in [2.05, 4.69) is 12.1 Å². The third kappa shape index (κ3) is 3.20. The molecule has 124 valence electrons. The van der Waals surface area contributed by atoms with E-state index in [4.69, 9.17) is 4.74 Å². The van der Waals surface area contributed by atoms with Gasteiger partial charge in [0.2, 0.25) is 0 Å². The average molecular weight is 328 g/mol. The van der Waals surface area contributed by atoms with E-state index in [1.165, 1.54) is 5.56 Å². The van der Waals surface area contributed by atoms with Crippen LogP contribution in [-0.4, -0.2) is 5.97 Å². The lowest BCUT2D eigenvalue weighted by atomic mass is 9.75. The molecule has 0 aliphatic carbocycles. The fraction of sp³-hybridized carbons (Fsp3) is 0.174. The summed E-state index contributed by atoms with van der Waals surface area (Å²) >= 11 is 0. The lowest BCUT2D eigenvalue weighted by Crippen LogP contribution is -2.31. The summed E-state index contributed by atoms with van der Waals surface area (Å²) in [5, 5.41) is 0. The van der Waals surface area contributed by atoms with Gasteiger partial charge in [0.05, 0.1) is 5.92 Å². The zero-order valence-electron chi connectivity index (χ0n) is 13.9. The number of hydrogen-bond acceptors (Lipinski definition) is 2. The van der Waals surface area contributed by atoms with Crippen LogP contribution in [-0.2, 0) is 9.53 Å². The van der Waals surface area contributed by atoms with Crippen molar-refractivity contribution in [1.29, 1.82) is 0 Å². The number of esters is 1. The molecule has 0 amide bonds. The van der Waals surface area contributed by atoms with Crippen molar-refractivity contribution in [2.75, 3.05) is 0 Å². The molecule has 1 aliphatic rings. The van der Waals surface area contributed by atoms with Gasteiger partial charge >= 0.3 is 5.97 Å². The molecule has 0 unspecified atom stereocenters. The van der Waals surface area contributed by atoms with Gasteiger partial charge in [-0.1, -0.05) is 91.0 Å². The van der Waals surface area contributed by atoms with Crippen molar-refractivity contribution in [1.82, 2.24) is 0 Å². The van der Waals surface area contributed by atoms with Crippen molar-refractivity contribution >= 4 is 5.97 Å². The number of benzene rings is 3. The Morgan fingerprint density at radius 2 is 1.12 bits per heavy atom. The van der Waals surface area contributed by atoms with Crippen LogP contribution in [0.15, 0.2) is 91.0 Å². The molecule has 2 heteroatoms. The summed E-state index contributed by atoms with van der Waals surface area (Å²) in [6, 6.07) is 30.3. The third-order valence-corrected chi connectivity index (χ3v) is 4.94. The Morgan fingerprint density at radius 1 is 0.640 bits per heavy atom. The van der Waals surface area contributed by atoms with Crippen molar-refractivity contribution in [3.63, 3.8) is 0 Å². The van der Waals surface area contributed by atoms with Crippen molar-refractivity contribution < 1.29 is 9.53 Å². The van der Waals surface area contributed by atoms with E-state index in [1.807, 2.05) is 78.9 Å². The highest BCUT2D eigenvalue weighted by atomic mass is 16.5.